The van der Waals surface area contributed by atoms with Crippen LogP contribution in [0.3, 0.4) is 0 Å². The molecule has 2 fully saturated rings. The lowest BCUT2D eigenvalue weighted by Gasteiger charge is -2.28. The zero-order valence-corrected chi connectivity index (χ0v) is 19.1. The van der Waals surface area contributed by atoms with E-state index in [9.17, 15) is 0 Å². The second-order valence-electron chi connectivity index (χ2n) is 8.55. The lowest BCUT2D eigenvalue weighted by molar-refractivity contribution is 0.223. The molecule has 0 aliphatic carbocycles. The summed E-state index contributed by atoms with van der Waals surface area (Å²) in [6.45, 7) is 9.30. The van der Waals surface area contributed by atoms with E-state index < -0.39 is 0 Å². The Labute approximate surface area is 181 Å². The summed E-state index contributed by atoms with van der Waals surface area (Å²) in [5, 5.41) is 7.09. The second kappa shape index (κ2) is 11.4. The molecule has 0 saturated carbocycles. The highest BCUT2D eigenvalue weighted by Crippen LogP contribution is 2.24. The average molecular weight is 418 g/mol. The van der Waals surface area contributed by atoms with Gasteiger partial charge in [-0.15, -0.1) is 0 Å². The average Bonchev–Trinajstić information content (AvgIpc) is 3.19. The fourth-order valence-electron chi connectivity index (χ4n) is 4.29. The Balaban J connectivity index is 1.51. The van der Waals surface area contributed by atoms with Gasteiger partial charge in [-0.3, -0.25) is 9.89 Å². The Morgan fingerprint density at radius 3 is 2.40 bits per heavy atom. The molecule has 1 aromatic carbocycles. The molecule has 7 heteroatoms. The first kappa shape index (κ1) is 22.7. The number of hydrogen-bond acceptors (Lipinski definition) is 5. The molecule has 1 aromatic rings. The fourth-order valence-corrected chi connectivity index (χ4v) is 4.29. The first-order chi connectivity index (χ1) is 14.6. The van der Waals surface area contributed by atoms with E-state index >= 15 is 0 Å². The first-order valence-electron chi connectivity index (χ1n) is 11.3. The summed E-state index contributed by atoms with van der Waals surface area (Å²) < 4.78 is 10.8. The van der Waals surface area contributed by atoms with Crippen LogP contribution in [-0.4, -0.2) is 82.3 Å². The van der Waals surface area contributed by atoms with Crippen molar-refractivity contribution in [3.05, 3.63) is 23.8 Å². The Hall–Kier alpha value is -1.99. The summed E-state index contributed by atoms with van der Waals surface area (Å²) in [7, 11) is 5.60. The molecule has 2 heterocycles. The minimum Gasteiger partial charge on any atom is -0.497 e. The number of piperidine rings is 1. The minimum absolute atomic E-state index is 0.424. The summed E-state index contributed by atoms with van der Waals surface area (Å²) in [5.41, 5.74) is 1.22. The molecular weight excluding hydrogens is 378 g/mol. The quantitative estimate of drug-likeness (QED) is 0.499. The third-order valence-corrected chi connectivity index (χ3v) is 6.12. The molecule has 0 aromatic heterocycles. The second-order valence-corrected chi connectivity index (χ2v) is 8.55. The van der Waals surface area contributed by atoms with Crippen molar-refractivity contribution in [1.29, 1.82) is 0 Å². The first-order valence-corrected chi connectivity index (χ1v) is 11.3. The van der Waals surface area contributed by atoms with Crippen molar-refractivity contribution in [1.82, 2.24) is 20.4 Å². The van der Waals surface area contributed by atoms with Crippen molar-refractivity contribution in [3.8, 4) is 11.5 Å². The predicted octanol–water partition coefficient (Wildman–Crippen LogP) is 2.18. The molecule has 0 bridgehead atoms. The predicted molar refractivity (Wildman–Crippen MR) is 123 cm³/mol. The molecule has 30 heavy (non-hydrogen) atoms. The number of ether oxygens (including phenoxy) is 2. The largest absolute Gasteiger partial charge is 0.497 e. The van der Waals surface area contributed by atoms with Gasteiger partial charge in [0, 0.05) is 44.8 Å². The van der Waals surface area contributed by atoms with Crippen LogP contribution in [0.1, 0.15) is 31.7 Å². The van der Waals surface area contributed by atoms with E-state index in [1.807, 2.05) is 6.07 Å². The number of benzene rings is 1. The molecular formula is C23H39N5O2. The van der Waals surface area contributed by atoms with E-state index in [0.29, 0.717) is 12.0 Å². The van der Waals surface area contributed by atoms with Crippen molar-refractivity contribution in [2.45, 2.75) is 38.8 Å². The zero-order chi connectivity index (χ0) is 21.3. The number of rotatable bonds is 8. The Bertz CT molecular complexity index is 666. The van der Waals surface area contributed by atoms with Crippen LogP contribution in [-0.2, 0) is 6.54 Å². The maximum Gasteiger partial charge on any atom is 0.191 e. The zero-order valence-electron chi connectivity index (χ0n) is 19.1. The monoisotopic (exact) mass is 417 g/mol. The van der Waals surface area contributed by atoms with Gasteiger partial charge < -0.3 is 25.0 Å². The Morgan fingerprint density at radius 2 is 1.77 bits per heavy atom. The van der Waals surface area contributed by atoms with Crippen molar-refractivity contribution in [3.63, 3.8) is 0 Å². The highest BCUT2D eigenvalue weighted by atomic mass is 16.5. The van der Waals surface area contributed by atoms with Crippen LogP contribution in [0.15, 0.2) is 23.2 Å². The molecule has 0 radical (unpaired) electrons. The summed E-state index contributed by atoms with van der Waals surface area (Å²) in [4.78, 5) is 9.79. The van der Waals surface area contributed by atoms with Gasteiger partial charge >= 0.3 is 0 Å². The molecule has 0 amide bonds. The van der Waals surface area contributed by atoms with Crippen LogP contribution in [0.4, 0.5) is 0 Å². The maximum absolute atomic E-state index is 5.41. The maximum atomic E-state index is 5.41. The topological polar surface area (TPSA) is 61.4 Å². The van der Waals surface area contributed by atoms with Crippen molar-refractivity contribution in [2.24, 2.45) is 10.9 Å². The van der Waals surface area contributed by atoms with Crippen LogP contribution < -0.4 is 20.1 Å². The third-order valence-electron chi connectivity index (χ3n) is 6.12. The lowest BCUT2D eigenvalue weighted by atomic mass is 9.97. The van der Waals surface area contributed by atoms with Crippen molar-refractivity contribution in [2.75, 3.05) is 60.5 Å². The number of guanidine groups is 1. The highest BCUT2D eigenvalue weighted by molar-refractivity contribution is 5.80. The van der Waals surface area contributed by atoms with Gasteiger partial charge in [-0.2, -0.15) is 0 Å². The van der Waals surface area contributed by atoms with Crippen LogP contribution in [0, 0.1) is 5.92 Å². The van der Waals surface area contributed by atoms with E-state index in [-0.39, 0.29) is 0 Å². The smallest absolute Gasteiger partial charge is 0.191 e. The minimum atomic E-state index is 0.424. The molecule has 2 saturated heterocycles. The number of hydrogen-bond donors (Lipinski definition) is 2. The van der Waals surface area contributed by atoms with E-state index in [2.05, 4.69) is 46.5 Å². The summed E-state index contributed by atoms with van der Waals surface area (Å²) in [6.07, 6.45) is 3.63. The SMILES string of the molecule is CCNC(=NCC1CCN(C)CC1)NC1CCN(Cc2cc(OC)cc(OC)c2)C1. The van der Waals surface area contributed by atoms with Crippen LogP contribution in [0.25, 0.3) is 0 Å². The molecule has 168 valence electrons. The van der Waals surface area contributed by atoms with Gasteiger partial charge in [0.25, 0.3) is 0 Å². The van der Waals surface area contributed by atoms with E-state index in [4.69, 9.17) is 14.5 Å². The molecule has 2 aliphatic heterocycles. The number of methoxy groups -OCH3 is 2. The van der Waals surface area contributed by atoms with Crippen molar-refractivity contribution >= 4 is 5.96 Å². The third kappa shape index (κ3) is 6.77. The van der Waals surface area contributed by atoms with Gasteiger partial charge in [-0.25, -0.2) is 0 Å². The number of nitrogens with one attached hydrogen (secondary N) is 2. The van der Waals surface area contributed by atoms with Crippen LogP contribution in [0.2, 0.25) is 0 Å². The molecule has 0 spiro atoms. The summed E-state index contributed by atoms with van der Waals surface area (Å²) in [6, 6.07) is 6.53. The molecule has 2 N–H and O–H groups in total. The normalized spacial score (nSPS) is 21.6. The lowest BCUT2D eigenvalue weighted by Crippen LogP contribution is -2.45. The molecule has 2 aliphatic rings. The number of nitrogens with zero attached hydrogens (tertiary/aromatic N) is 3. The van der Waals surface area contributed by atoms with E-state index in [0.717, 1.165) is 56.6 Å². The number of likely N-dealkylation sites (tertiary alicyclic amines) is 2. The van der Waals surface area contributed by atoms with Gasteiger partial charge in [0.2, 0.25) is 0 Å². The van der Waals surface area contributed by atoms with Gasteiger partial charge in [0.05, 0.1) is 14.2 Å². The number of aliphatic imine (C=N–C) groups is 1. The summed E-state index contributed by atoms with van der Waals surface area (Å²) in [5.74, 6) is 3.36. The molecule has 7 nitrogen and oxygen atoms in total. The Kier molecular flexibility index (Phi) is 8.63. The van der Waals surface area contributed by atoms with E-state index in [1.54, 1.807) is 14.2 Å². The summed E-state index contributed by atoms with van der Waals surface area (Å²) >= 11 is 0. The molecule has 3 rings (SSSR count). The van der Waals surface area contributed by atoms with Gasteiger partial charge in [-0.1, -0.05) is 0 Å². The molecule has 1 unspecified atom stereocenters. The molecule has 1 atom stereocenters. The Morgan fingerprint density at radius 1 is 1.07 bits per heavy atom. The van der Waals surface area contributed by atoms with Crippen molar-refractivity contribution < 1.29 is 9.47 Å². The van der Waals surface area contributed by atoms with Gasteiger partial charge in [-0.05, 0) is 69.9 Å². The van der Waals surface area contributed by atoms with E-state index in [1.165, 1.54) is 31.5 Å². The highest BCUT2D eigenvalue weighted by Gasteiger charge is 2.24. The van der Waals surface area contributed by atoms with Gasteiger partial charge in [0.1, 0.15) is 11.5 Å². The van der Waals surface area contributed by atoms with Crippen LogP contribution >= 0.6 is 0 Å². The van der Waals surface area contributed by atoms with Crippen LogP contribution in [0.5, 0.6) is 11.5 Å². The standard InChI is InChI=1S/C23H39N5O2/c1-5-24-23(25-15-18-6-9-27(2)10-7-18)26-20-8-11-28(17-20)16-19-12-21(29-3)14-22(13-19)30-4/h12-14,18,20H,5-11,15-17H2,1-4H3,(H2,24,25,26). The van der Waals surface area contributed by atoms with Gasteiger partial charge in [0.15, 0.2) is 5.96 Å². The fraction of sp³-hybridized carbons (Fsp3) is 0.696.